The Balaban J connectivity index is 0.000000329. The highest BCUT2D eigenvalue weighted by atomic mass is 16.5. The van der Waals surface area contributed by atoms with E-state index in [2.05, 4.69) is 80.4 Å². The average Bonchev–Trinajstić information content (AvgIpc) is 2.95. The van der Waals surface area contributed by atoms with E-state index < -0.39 is 11.8 Å². The fourth-order valence-corrected chi connectivity index (χ4v) is 5.73. The highest BCUT2D eigenvalue weighted by Crippen LogP contribution is 2.35. The monoisotopic (exact) mass is 596 g/mol. The van der Waals surface area contributed by atoms with Crippen molar-refractivity contribution in [1.82, 2.24) is 14.9 Å². The van der Waals surface area contributed by atoms with Gasteiger partial charge in [0.05, 0.1) is 12.8 Å². The van der Waals surface area contributed by atoms with Crippen molar-refractivity contribution in [2.24, 2.45) is 15.7 Å². The van der Waals surface area contributed by atoms with Crippen LogP contribution in [0.3, 0.4) is 0 Å². The summed E-state index contributed by atoms with van der Waals surface area (Å²) in [6.45, 7) is 22.5. The smallest absolute Gasteiger partial charge is 0.242 e. The maximum atomic E-state index is 6.96. The van der Waals surface area contributed by atoms with E-state index in [1.165, 1.54) is 5.56 Å². The minimum absolute atomic E-state index is 0.463. The Labute approximate surface area is 260 Å². The first-order chi connectivity index (χ1) is 20.4. The van der Waals surface area contributed by atoms with Crippen LogP contribution >= 0.6 is 0 Å². The Morgan fingerprint density at radius 1 is 0.814 bits per heavy atom. The average molecular weight is 597 g/mol. The van der Waals surface area contributed by atoms with Gasteiger partial charge in [-0.1, -0.05) is 45.4 Å². The number of guanidine groups is 1. The van der Waals surface area contributed by atoms with Crippen LogP contribution in [-0.4, -0.2) is 73.2 Å². The molecule has 3 rings (SSSR count). The van der Waals surface area contributed by atoms with Crippen molar-refractivity contribution in [3.05, 3.63) is 40.1 Å². The molecular weight excluding hydrogens is 540 g/mol. The lowest BCUT2D eigenvalue weighted by Gasteiger charge is -2.40. The van der Waals surface area contributed by atoms with Crippen LogP contribution in [0, 0.1) is 27.7 Å². The number of aromatic nitrogens is 2. The highest BCUT2D eigenvalue weighted by Gasteiger charge is 2.45. The Bertz CT molecular complexity index is 1230. The van der Waals surface area contributed by atoms with Gasteiger partial charge in [-0.15, -0.1) is 0 Å². The van der Waals surface area contributed by atoms with Crippen LogP contribution in [0.2, 0.25) is 0 Å². The summed E-state index contributed by atoms with van der Waals surface area (Å²) in [4.78, 5) is 22.8. The number of aliphatic imine (C=N–C) groups is 2. The predicted octanol–water partition coefficient (Wildman–Crippen LogP) is 5.69. The van der Waals surface area contributed by atoms with Gasteiger partial charge in [-0.05, 0) is 77.0 Å². The maximum Gasteiger partial charge on any atom is 0.242 e. The first kappa shape index (κ1) is 36.0. The molecule has 2 atom stereocenters. The molecule has 10 heteroatoms. The van der Waals surface area contributed by atoms with Crippen molar-refractivity contribution in [1.29, 1.82) is 0 Å². The quantitative estimate of drug-likeness (QED) is 0.320. The number of aryl methyl sites for hydroxylation is 4. The van der Waals surface area contributed by atoms with Gasteiger partial charge < -0.3 is 30.7 Å². The number of ether oxygens (including phenoxy) is 2. The zero-order valence-corrected chi connectivity index (χ0v) is 28.5. The molecule has 0 aliphatic carbocycles. The summed E-state index contributed by atoms with van der Waals surface area (Å²) in [6, 6.07) is 4.33. The molecular formula is C33H56N8O2. The molecule has 0 fully saturated rings. The lowest BCUT2D eigenvalue weighted by atomic mass is 9.78. The van der Waals surface area contributed by atoms with Crippen molar-refractivity contribution in [2.45, 2.75) is 99.8 Å². The molecule has 0 spiro atoms. The van der Waals surface area contributed by atoms with Crippen LogP contribution in [0.1, 0.15) is 88.2 Å². The molecule has 0 saturated heterocycles. The van der Waals surface area contributed by atoms with E-state index >= 15 is 0 Å². The van der Waals surface area contributed by atoms with Crippen molar-refractivity contribution in [3.8, 4) is 5.88 Å². The van der Waals surface area contributed by atoms with Crippen LogP contribution in [-0.2, 0) is 10.3 Å². The molecule has 4 N–H and O–H groups in total. The normalized spacial score (nSPS) is 17.9. The second-order valence-electron chi connectivity index (χ2n) is 11.4. The molecule has 0 radical (unpaired) electrons. The third-order valence-corrected chi connectivity index (χ3v) is 7.63. The van der Waals surface area contributed by atoms with E-state index in [9.17, 15) is 0 Å². The summed E-state index contributed by atoms with van der Waals surface area (Å²) in [5.74, 6) is 1.91. The van der Waals surface area contributed by atoms with Gasteiger partial charge in [-0.2, -0.15) is 4.98 Å². The van der Waals surface area contributed by atoms with Gasteiger partial charge in [0.25, 0.3) is 0 Å². The summed E-state index contributed by atoms with van der Waals surface area (Å²) in [6.07, 6.45) is 3.74. The Morgan fingerprint density at radius 3 is 1.79 bits per heavy atom. The number of methoxy groups -OCH3 is 2. The van der Waals surface area contributed by atoms with Gasteiger partial charge in [-0.25, -0.2) is 15.0 Å². The fourth-order valence-electron chi connectivity index (χ4n) is 5.73. The zero-order valence-electron chi connectivity index (χ0n) is 28.5. The number of nitrogens with zero attached hydrogens (tertiary/aromatic N) is 6. The Morgan fingerprint density at radius 2 is 1.33 bits per heavy atom. The van der Waals surface area contributed by atoms with E-state index in [1.807, 2.05) is 13.8 Å². The van der Waals surface area contributed by atoms with Gasteiger partial charge in [0, 0.05) is 39.0 Å². The number of rotatable bonds is 12. The maximum absolute atomic E-state index is 6.96. The highest BCUT2D eigenvalue weighted by molar-refractivity contribution is 6.04. The molecule has 1 aliphatic rings. The largest absolute Gasteiger partial charge is 0.479 e. The van der Waals surface area contributed by atoms with E-state index in [-0.39, 0.29) is 0 Å². The number of benzene rings is 1. The van der Waals surface area contributed by atoms with Crippen LogP contribution in [0.5, 0.6) is 5.88 Å². The Hall–Kier alpha value is -3.24. The third kappa shape index (κ3) is 8.44. The third-order valence-electron chi connectivity index (χ3n) is 7.63. The molecule has 43 heavy (non-hydrogen) atoms. The van der Waals surface area contributed by atoms with Crippen molar-refractivity contribution < 1.29 is 9.47 Å². The molecule has 2 heterocycles. The van der Waals surface area contributed by atoms with Crippen molar-refractivity contribution >= 4 is 23.3 Å². The van der Waals surface area contributed by atoms with Gasteiger partial charge in [0.1, 0.15) is 11.2 Å². The molecule has 2 aromatic rings. The van der Waals surface area contributed by atoms with E-state index in [4.69, 9.17) is 30.9 Å². The standard InChI is InChI=1S/C21H34N4O.C12H22N4O/c1-8-10-25(11-9-2)20-23-17(6)21(22,19(24-20)26-7)18-15(4)12-14(3)13-16(18)5;1-5-7-16(8-6-2)12-14-9(3)10(13)11(15-12)17-4/h12-13,19H,8-11,22H2,1-7H3;5-8,13H2,1-4H3. The number of hydrogen-bond acceptors (Lipinski definition) is 10. The van der Waals surface area contributed by atoms with Gasteiger partial charge in [0.2, 0.25) is 17.8 Å². The Kier molecular flexibility index (Phi) is 13.9. The molecule has 1 aromatic carbocycles. The minimum Gasteiger partial charge on any atom is -0.479 e. The first-order valence-corrected chi connectivity index (χ1v) is 15.6. The van der Waals surface area contributed by atoms with Crippen molar-refractivity contribution in [2.75, 3.05) is 51.0 Å². The summed E-state index contributed by atoms with van der Waals surface area (Å²) < 4.78 is 11.0. The lowest BCUT2D eigenvalue weighted by Crippen LogP contribution is -2.57. The number of anilines is 2. The summed E-state index contributed by atoms with van der Waals surface area (Å²) in [5.41, 5.74) is 18.7. The SMILES string of the molecule is CCCN(CCC)C1=NC(OC)C(N)(c2c(C)cc(C)cc2C)C(C)=N1.CCCN(CCC)c1nc(C)c(N)c(OC)n1. The number of nitrogen functional groups attached to an aromatic ring is 1. The van der Waals surface area contributed by atoms with Gasteiger partial charge in [0.15, 0.2) is 6.23 Å². The second kappa shape index (κ2) is 16.6. The second-order valence-corrected chi connectivity index (χ2v) is 11.4. The lowest BCUT2D eigenvalue weighted by molar-refractivity contribution is 0.0635. The van der Waals surface area contributed by atoms with E-state index in [0.29, 0.717) is 17.5 Å². The minimum atomic E-state index is -0.857. The predicted molar refractivity (Wildman–Crippen MR) is 181 cm³/mol. The molecule has 0 amide bonds. The molecule has 10 nitrogen and oxygen atoms in total. The van der Waals surface area contributed by atoms with Crippen LogP contribution < -0.4 is 21.1 Å². The van der Waals surface area contributed by atoms with Crippen LogP contribution in [0.4, 0.5) is 11.6 Å². The number of nitrogens with two attached hydrogens (primary N) is 2. The summed E-state index contributed by atoms with van der Waals surface area (Å²) in [5, 5.41) is 0. The van der Waals surface area contributed by atoms with Gasteiger partial charge >= 0.3 is 0 Å². The molecule has 2 unspecified atom stereocenters. The van der Waals surface area contributed by atoms with E-state index in [0.717, 1.165) is 85.9 Å². The van der Waals surface area contributed by atoms with Gasteiger partial charge in [-0.3, -0.25) is 0 Å². The van der Waals surface area contributed by atoms with Crippen LogP contribution in [0.15, 0.2) is 22.1 Å². The van der Waals surface area contributed by atoms with Crippen LogP contribution in [0.25, 0.3) is 0 Å². The van der Waals surface area contributed by atoms with E-state index in [1.54, 1.807) is 14.2 Å². The zero-order chi connectivity index (χ0) is 32.3. The molecule has 1 aromatic heterocycles. The molecule has 240 valence electrons. The fraction of sp³-hybridized carbons (Fsp3) is 0.636. The molecule has 0 saturated carbocycles. The number of hydrogen-bond donors (Lipinski definition) is 2. The topological polar surface area (TPSA) is 127 Å². The van der Waals surface area contributed by atoms with Crippen molar-refractivity contribution in [3.63, 3.8) is 0 Å². The first-order valence-electron chi connectivity index (χ1n) is 15.6. The molecule has 0 bridgehead atoms. The molecule has 1 aliphatic heterocycles. The summed E-state index contributed by atoms with van der Waals surface area (Å²) >= 11 is 0. The summed E-state index contributed by atoms with van der Waals surface area (Å²) in [7, 11) is 3.25.